The molecule has 0 aliphatic heterocycles. The molecule has 0 saturated heterocycles. The number of halogens is 4. The molecule has 0 bridgehead atoms. The second kappa shape index (κ2) is 11.8. The monoisotopic (exact) mass is 448 g/mol. The summed E-state index contributed by atoms with van der Waals surface area (Å²) in [7, 11) is -3.09. The largest absolute Gasteiger partial charge is 2.00 e. The molecule has 0 atom stereocenters. The van der Waals surface area contributed by atoms with E-state index in [0.29, 0.717) is 0 Å². The van der Waals surface area contributed by atoms with Crippen molar-refractivity contribution >= 4 is 36.4 Å². The van der Waals surface area contributed by atoms with Gasteiger partial charge < -0.3 is 9.76 Å². The van der Waals surface area contributed by atoms with Gasteiger partial charge in [0.2, 0.25) is 0 Å². The summed E-state index contributed by atoms with van der Waals surface area (Å²) in [6.45, 7) is 0. The van der Waals surface area contributed by atoms with E-state index < -0.39 is 13.2 Å². The Bertz CT molecular complexity index is 816. The van der Waals surface area contributed by atoms with Crippen LogP contribution in [-0.2, 0) is 17.1 Å². The van der Waals surface area contributed by atoms with Crippen molar-refractivity contribution in [3.63, 3.8) is 0 Å². The van der Waals surface area contributed by atoms with Gasteiger partial charge in [-0.2, -0.15) is 18.2 Å². The van der Waals surface area contributed by atoms with Gasteiger partial charge in [0, 0.05) is 10.6 Å². The number of hydrogen-bond donors (Lipinski definition) is 0. The molecule has 2 nitrogen and oxygen atoms in total. The quantitative estimate of drug-likeness (QED) is 0.354. The Kier molecular flexibility index (Phi) is 10.1. The molecule has 3 rings (SSSR count). The van der Waals surface area contributed by atoms with Crippen LogP contribution in [-0.4, -0.2) is 7.47 Å². The maximum absolute atomic E-state index is 12.4. The van der Waals surface area contributed by atoms with E-state index in [4.69, 9.17) is 23.2 Å². The first-order valence-electron chi connectivity index (χ1n) is 7.52. The standard InChI is InChI=1S/C14H9BCl2F2O2.C5H5.Fe/c16-10-7-11(14(12(17)8-10)21-15(18)19)13(20)6-5-9-3-1-2-4-9;1-2-4-5-3-1;/h1-8,20H;1-5H;/q;-1;+2/p-1. The van der Waals surface area contributed by atoms with Crippen molar-refractivity contribution < 1.29 is 35.5 Å². The van der Waals surface area contributed by atoms with E-state index in [0.717, 1.165) is 5.57 Å². The number of hydrogen-bond acceptors (Lipinski definition) is 2. The third kappa shape index (κ3) is 7.73. The zero-order valence-corrected chi connectivity index (χ0v) is 16.4. The fourth-order valence-corrected chi connectivity index (χ4v) is 2.57. The third-order valence-corrected chi connectivity index (χ3v) is 3.65. The summed E-state index contributed by atoms with van der Waals surface area (Å²) in [5, 5.41) is 12.1. The van der Waals surface area contributed by atoms with E-state index >= 15 is 0 Å². The van der Waals surface area contributed by atoms with Crippen molar-refractivity contribution in [2.75, 3.05) is 0 Å². The van der Waals surface area contributed by atoms with E-state index in [9.17, 15) is 13.7 Å². The second-order valence-corrected chi connectivity index (χ2v) is 5.86. The minimum absolute atomic E-state index is 0. The molecule has 0 unspecified atom stereocenters. The predicted octanol–water partition coefficient (Wildman–Crippen LogP) is 5.45. The normalized spacial score (nSPS) is 12.1. The maximum Gasteiger partial charge on any atom is 2.00 e. The zero-order chi connectivity index (χ0) is 18.9. The van der Waals surface area contributed by atoms with Crippen LogP contribution in [0.5, 0.6) is 5.75 Å². The molecule has 1 aliphatic rings. The van der Waals surface area contributed by atoms with Crippen LogP contribution in [0.4, 0.5) is 8.63 Å². The molecule has 0 aromatic heterocycles. The first kappa shape index (κ1) is 23.2. The summed E-state index contributed by atoms with van der Waals surface area (Å²) in [6.07, 6.45) is 10.0. The van der Waals surface area contributed by atoms with Crippen molar-refractivity contribution in [2.24, 2.45) is 0 Å². The maximum atomic E-state index is 12.4. The van der Waals surface area contributed by atoms with Crippen molar-refractivity contribution in [3.8, 4) is 5.75 Å². The first-order valence-corrected chi connectivity index (χ1v) is 8.27. The third-order valence-electron chi connectivity index (χ3n) is 3.15. The minimum atomic E-state index is -3.09. The SMILES string of the molecule is [Fe+2].[O-]C(=CC=C1C=CC=C1)c1cc(Cl)cc(Cl)c1OB(F)F.c1cc[cH-]c1. The molecule has 0 radical (unpaired) electrons. The first-order chi connectivity index (χ1) is 12.5. The Morgan fingerprint density at radius 2 is 1.74 bits per heavy atom. The summed E-state index contributed by atoms with van der Waals surface area (Å²) in [5.41, 5.74) is 0.698. The van der Waals surface area contributed by atoms with E-state index in [1.165, 1.54) is 18.2 Å². The van der Waals surface area contributed by atoms with Crippen LogP contribution < -0.4 is 9.76 Å². The molecule has 0 amide bonds. The van der Waals surface area contributed by atoms with Crippen LogP contribution in [0.2, 0.25) is 10.0 Å². The van der Waals surface area contributed by atoms with E-state index in [-0.39, 0.29) is 38.4 Å². The fraction of sp³-hybridized carbons (Fsp3) is 0. The van der Waals surface area contributed by atoms with Gasteiger partial charge >= 0.3 is 24.5 Å². The Balaban J connectivity index is 0.000000526. The van der Waals surface area contributed by atoms with Gasteiger partial charge in [0.25, 0.3) is 0 Å². The molecule has 0 spiro atoms. The molecular weight excluding hydrogens is 436 g/mol. The minimum Gasteiger partial charge on any atom is -0.872 e. The van der Waals surface area contributed by atoms with Crippen LogP contribution in [0, 0.1) is 0 Å². The van der Waals surface area contributed by atoms with E-state index in [1.54, 1.807) is 18.2 Å². The van der Waals surface area contributed by atoms with Gasteiger partial charge in [-0.25, -0.2) is 20.8 Å². The molecule has 2 aromatic carbocycles. The molecule has 1 aliphatic carbocycles. The van der Waals surface area contributed by atoms with Crippen LogP contribution in [0.1, 0.15) is 5.56 Å². The average Bonchev–Trinajstić information content (AvgIpc) is 3.30. The van der Waals surface area contributed by atoms with Crippen LogP contribution in [0.3, 0.4) is 0 Å². The molecule has 27 heavy (non-hydrogen) atoms. The van der Waals surface area contributed by atoms with Crippen LogP contribution in [0.15, 0.2) is 84.5 Å². The Labute approximate surface area is 177 Å². The summed E-state index contributed by atoms with van der Waals surface area (Å²) >= 11 is 11.6. The second-order valence-electron chi connectivity index (χ2n) is 5.02. The van der Waals surface area contributed by atoms with Gasteiger partial charge in [-0.15, -0.1) is 0 Å². The topological polar surface area (TPSA) is 32.3 Å². The summed E-state index contributed by atoms with van der Waals surface area (Å²) in [5.74, 6) is -0.913. The van der Waals surface area contributed by atoms with Crippen molar-refractivity contribution in [2.45, 2.75) is 0 Å². The molecule has 0 N–H and O–H groups in total. The van der Waals surface area contributed by atoms with Gasteiger partial charge in [0.1, 0.15) is 5.75 Å². The number of benzene rings is 1. The molecule has 0 saturated carbocycles. The Morgan fingerprint density at radius 3 is 2.26 bits per heavy atom. The summed E-state index contributed by atoms with van der Waals surface area (Å²) in [6, 6.07) is 12.5. The van der Waals surface area contributed by atoms with Gasteiger partial charge in [0.05, 0.1) is 5.02 Å². The fourth-order valence-electron chi connectivity index (χ4n) is 2.03. The smallest absolute Gasteiger partial charge is 0.872 e. The van der Waals surface area contributed by atoms with E-state index in [1.807, 2.05) is 42.5 Å². The summed E-state index contributed by atoms with van der Waals surface area (Å²) < 4.78 is 29.1. The van der Waals surface area contributed by atoms with Gasteiger partial charge in [-0.3, -0.25) is 0 Å². The number of allylic oxidation sites excluding steroid dienone is 7. The Morgan fingerprint density at radius 1 is 1.11 bits per heavy atom. The molecule has 140 valence electrons. The van der Waals surface area contributed by atoms with Gasteiger partial charge in [-0.1, -0.05) is 65.4 Å². The van der Waals surface area contributed by atoms with Crippen molar-refractivity contribution in [1.29, 1.82) is 0 Å². The van der Waals surface area contributed by atoms with Crippen LogP contribution >= 0.6 is 23.2 Å². The molecule has 0 heterocycles. The average molecular weight is 449 g/mol. The number of rotatable bonds is 4. The predicted molar refractivity (Wildman–Crippen MR) is 101 cm³/mol. The van der Waals surface area contributed by atoms with Gasteiger partial charge in [0.15, 0.2) is 0 Å². The van der Waals surface area contributed by atoms with E-state index in [2.05, 4.69) is 4.65 Å². The molecule has 0 fully saturated rings. The molecule has 8 heteroatoms. The molecule has 2 aromatic rings. The molecular formula is C19H13BCl2F2FeO2. The Hall–Kier alpha value is -1.85. The zero-order valence-electron chi connectivity index (χ0n) is 13.8. The van der Waals surface area contributed by atoms with Crippen LogP contribution in [0.25, 0.3) is 5.76 Å². The van der Waals surface area contributed by atoms with Crippen molar-refractivity contribution in [1.82, 2.24) is 0 Å². The summed E-state index contributed by atoms with van der Waals surface area (Å²) in [4.78, 5) is 0. The van der Waals surface area contributed by atoms with Crippen molar-refractivity contribution in [3.05, 3.63) is 100 Å². The van der Waals surface area contributed by atoms with Gasteiger partial charge in [-0.05, 0) is 17.7 Å².